The standard InChI is InChI=1S/C27H25Cl2FN6O3S/c28-19-5-1-2-6-25(19)40(37,38)36-23-14-20(29)24(15-21(23)30)39-26-18(4-3-12-32-26)22-11-13-33-27(35-22)34-17-9-7-16(31)8-10-17/h1-6,11-17,36H,7-10,31H2,(H,33,34,35). The fourth-order valence-corrected chi connectivity index (χ4v) is 6.12. The number of nitrogens with two attached hydrogens (primary N) is 1. The summed E-state index contributed by atoms with van der Waals surface area (Å²) in [7, 11) is -4.18. The smallest absolute Gasteiger partial charge is 0.263 e. The number of pyridine rings is 1. The number of nitrogens with one attached hydrogen (secondary N) is 2. The van der Waals surface area contributed by atoms with Crippen molar-refractivity contribution >= 4 is 44.9 Å². The SMILES string of the molecule is NC1CCC(Nc2nccc(-c3cccnc3Oc3cc(F)c(NS(=O)(=O)c4ccccc4Cl)cc3Cl)n2)CC1. The number of halogens is 3. The molecule has 0 spiro atoms. The van der Waals surface area contributed by atoms with E-state index in [1.54, 1.807) is 30.5 Å². The van der Waals surface area contributed by atoms with Crippen molar-refractivity contribution in [2.75, 3.05) is 10.0 Å². The van der Waals surface area contributed by atoms with Crippen LogP contribution in [-0.2, 0) is 10.0 Å². The van der Waals surface area contributed by atoms with Crippen LogP contribution >= 0.6 is 23.2 Å². The minimum absolute atomic E-state index is 0.00448. The molecule has 1 aliphatic carbocycles. The molecule has 0 atom stereocenters. The summed E-state index contributed by atoms with van der Waals surface area (Å²) in [5.41, 5.74) is 6.70. The fourth-order valence-electron chi connectivity index (χ4n) is 4.34. The zero-order valence-corrected chi connectivity index (χ0v) is 23.3. The lowest BCUT2D eigenvalue weighted by Gasteiger charge is -2.26. The Hall–Kier alpha value is -3.51. The number of hydrogen-bond acceptors (Lipinski definition) is 8. The molecule has 0 bridgehead atoms. The third-order valence-electron chi connectivity index (χ3n) is 6.41. The minimum Gasteiger partial charge on any atom is -0.437 e. The molecule has 0 aliphatic heterocycles. The third-order valence-corrected chi connectivity index (χ3v) is 8.57. The first-order valence-corrected chi connectivity index (χ1v) is 14.7. The number of sulfonamides is 1. The second kappa shape index (κ2) is 11.9. The summed E-state index contributed by atoms with van der Waals surface area (Å²) in [6, 6.07) is 13.6. The molecule has 2 aromatic heterocycles. The highest BCUT2D eigenvalue weighted by atomic mass is 35.5. The van der Waals surface area contributed by atoms with Crippen molar-refractivity contribution in [1.82, 2.24) is 15.0 Å². The van der Waals surface area contributed by atoms with Crippen molar-refractivity contribution in [3.8, 4) is 22.9 Å². The van der Waals surface area contributed by atoms with Crippen LogP contribution in [0.15, 0.2) is 71.9 Å². The highest BCUT2D eigenvalue weighted by Crippen LogP contribution is 2.37. The van der Waals surface area contributed by atoms with Crippen LogP contribution in [0.1, 0.15) is 25.7 Å². The van der Waals surface area contributed by atoms with Gasteiger partial charge in [-0.3, -0.25) is 4.72 Å². The van der Waals surface area contributed by atoms with Gasteiger partial charge in [0.05, 0.1) is 27.0 Å². The Bertz CT molecular complexity index is 1630. The second-order valence-electron chi connectivity index (χ2n) is 9.28. The van der Waals surface area contributed by atoms with E-state index in [2.05, 4.69) is 25.0 Å². The van der Waals surface area contributed by atoms with Gasteiger partial charge < -0.3 is 15.8 Å². The average molecular weight is 604 g/mol. The van der Waals surface area contributed by atoms with E-state index in [9.17, 15) is 8.42 Å². The van der Waals surface area contributed by atoms with Gasteiger partial charge in [-0.1, -0.05) is 35.3 Å². The Balaban J connectivity index is 1.37. The van der Waals surface area contributed by atoms with Gasteiger partial charge in [0.1, 0.15) is 4.90 Å². The number of benzene rings is 2. The maximum atomic E-state index is 15.0. The predicted octanol–water partition coefficient (Wildman–Crippen LogP) is 6.26. The molecule has 2 aromatic carbocycles. The molecule has 0 amide bonds. The Morgan fingerprint density at radius 1 is 0.950 bits per heavy atom. The van der Waals surface area contributed by atoms with Gasteiger partial charge >= 0.3 is 0 Å². The zero-order chi connectivity index (χ0) is 28.3. The Morgan fingerprint density at radius 3 is 2.50 bits per heavy atom. The minimum atomic E-state index is -4.18. The molecule has 2 heterocycles. The molecule has 1 fully saturated rings. The van der Waals surface area contributed by atoms with E-state index in [1.807, 2.05) is 0 Å². The number of ether oxygens (including phenoxy) is 1. The molecule has 13 heteroatoms. The van der Waals surface area contributed by atoms with Gasteiger partial charge in [-0.2, -0.15) is 0 Å². The first kappa shape index (κ1) is 28.0. The molecule has 0 radical (unpaired) electrons. The van der Waals surface area contributed by atoms with Crippen LogP contribution in [-0.4, -0.2) is 35.5 Å². The lowest BCUT2D eigenvalue weighted by atomic mass is 9.92. The lowest BCUT2D eigenvalue weighted by Crippen LogP contribution is -2.33. The van der Waals surface area contributed by atoms with Crippen LogP contribution in [0.3, 0.4) is 0 Å². The number of aromatic nitrogens is 3. The number of anilines is 2. The van der Waals surface area contributed by atoms with Crippen molar-refractivity contribution in [3.63, 3.8) is 0 Å². The van der Waals surface area contributed by atoms with Gasteiger partial charge in [-0.05, 0) is 62.1 Å². The molecule has 4 aromatic rings. The normalized spacial score (nSPS) is 17.3. The topological polar surface area (TPSA) is 132 Å². The van der Waals surface area contributed by atoms with Crippen molar-refractivity contribution in [2.24, 2.45) is 5.73 Å². The van der Waals surface area contributed by atoms with Gasteiger partial charge in [0.25, 0.3) is 10.0 Å². The highest BCUT2D eigenvalue weighted by molar-refractivity contribution is 7.92. The lowest BCUT2D eigenvalue weighted by molar-refractivity contribution is 0.410. The molecular formula is C27H25Cl2FN6O3S. The van der Waals surface area contributed by atoms with E-state index in [4.69, 9.17) is 33.7 Å². The summed E-state index contributed by atoms with van der Waals surface area (Å²) in [6.07, 6.45) is 6.89. The molecule has 5 rings (SSSR count). The Kier molecular flexibility index (Phi) is 8.36. The molecule has 208 valence electrons. The highest BCUT2D eigenvalue weighted by Gasteiger charge is 2.22. The Labute approximate surface area is 241 Å². The summed E-state index contributed by atoms with van der Waals surface area (Å²) in [5, 5.41) is 3.31. The van der Waals surface area contributed by atoms with E-state index in [0.29, 0.717) is 17.2 Å². The second-order valence-corrected chi connectivity index (χ2v) is 11.7. The Morgan fingerprint density at radius 2 is 1.73 bits per heavy atom. The maximum Gasteiger partial charge on any atom is 0.263 e. The molecule has 0 saturated heterocycles. The molecule has 1 saturated carbocycles. The van der Waals surface area contributed by atoms with Crippen molar-refractivity contribution < 1.29 is 17.5 Å². The van der Waals surface area contributed by atoms with E-state index >= 15 is 4.39 Å². The largest absolute Gasteiger partial charge is 0.437 e. The number of nitrogens with zero attached hydrogens (tertiary/aromatic N) is 3. The van der Waals surface area contributed by atoms with Crippen LogP contribution in [0.5, 0.6) is 11.6 Å². The maximum absolute atomic E-state index is 15.0. The third kappa shape index (κ3) is 6.44. The van der Waals surface area contributed by atoms with E-state index < -0.39 is 15.8 Å². The summed E-state index contributed by atoms with van der Waals surface area (Å²) in [6.45, 7) is 0. The first-order chi connectivity index (χ1) is 19.2. The van der Waals surface area contributed by atoms with Gasteiger partial charge in [0.2, 0.25) is 11.8 Å². The summed E-state index contributed by atoms with van der Waals surface area (Å²) >= 11 is 12.4. The fraction of sp³-hybridized carbons (Fsp3) is 0.222. The zero-order valence-electron chi connectivity index (χ0n) is 21.0. The summed E-state index contributed by atoms with van der Waals surface area (Å²) in [5.74, 6) is -0.382. The predicted molar refractivity (Wildman–Crippen MR) is 153 cm³/mol. The average Bonchev–Trinajstić information content (AvgIpc) is 2.93. The van der Waals surface area contributed by atoms with E-state index in [1.165, 1.54) is 24.4 Å². The van der Waals surface area contributed by atoms with Crippen molar-refractivity contribution in [2.45, 2.75) is 42.7 Å². The number of hydrogen-bond donors (Lipinski definition) is 3. The van der Waals surface area contributed by atoms with Crippen LogP contribution < -0.4 is 20.5 Å². The van der Waals surface area contributed by atoms with Gasteiger partial charge in [-0.15, -0.1) is 0 Å². The van der Waals surface area contributed by atoms with Crippen molar-refractivity contribution in [1.29, 1.82) is 0 Å². The summed E-state index contributed by atoms with van der Waals surface area (Å²) < 4.78 is 48.6. The van der Waals surface area contributed by atoms with Crippen molar-refractivity contribution in [3.05, 3.63) is 82.9 Å². The van der Waals surface area contributed by atoms with Gasteiger partial charge in [0.15, 0.2) is 11.6 Å². The molecule has 1 aliphatic rings. The van der Waals surface area contributed by atoms with Crippen LogP contribution in [0.25, 0.3) is 11.3 Å². The molecule has 40 heavy (non-hydrogen) atoms. The molecule has 9 nitrogen and oxygen atoms in total. The van der Waals surface area contributed by atoms with Crippen LogP contribution in [0, 0.1) is 5.82 Å². The first-order valence-electron chi connectivity index (χ1n) is 12.4. The summed E-state index contributed by atoms with van der Waals surface area (Å²) in [4.78, 5) is 13.0. The van der Waals surface area contributed by atoms with Crippen LogP contribution in [0.4, 0.5) is 16.0 Å². The quantitative estimate of drug-likeness (QED) is 0.215. The van der Waals surface area contributed by atoms with Gasteiger partial charge in [0, 0.05) is 30.5 Å². The van der Waals surface area contributed by atoms with E-state index in [-0.39, 0.29) is 44.3 Å². The monoisotopic (exact) mass is 602 g/mol. The molecule has 4 N–H and O–H groups in total. The molecular weight excluding hydrogens is 578 g/mol. The van der Waals surface area contributed by atoms with Crippen LogP contribution in [0.2, 0.25) is 10.0 Å². The number of rotatable bonds is 8. The van der Waals surface area contributed by atoms with E-state index in [0.717, 1.165) is 37.8 Å². The molecule has 0 unspecified atom stereocenters. The van der Waals surface area contributed by atoms with Gasteiger partial charge in [-0.25, -0.2) is 27.8 Å².